The highest BCUT2D eigenvalue weighted by Gasteiger charge is 2.33. The molecule has 0 amide bonds. The van der Waals surface area contributed by atoms with Crippen molar-refractivity contribution in [2.45, 2.75) is 38.8 Å². The minimum atomic E-state index is 0.252. The first-order valence-electron chi connectivity index (χ1n) is 7.30. The molecule has 1 aromatic carbocycles. The Morgan fingerprint density at radius 3 is 2.85 bits per heavy atom. The van der Waals surface area contributed by atoms with Crippen molar-refractivity contribution < 1.29 is 4.74 Å². The van der Waals surface area contributed by atoms with Gasteiger partial charge in [0.05, 0.1) is 6.61 Å². The highest BCUT2D eigenvalue weighted by atomic mass is 79.9. The molecule has 0 radical (unpaired) electrons. The van der Waals surface area contributed by atoms with Crippen molar-refractivity contribution in [3.63, 3.8) is 0 Å². The molecule has 20 heavy (non-hydrogen) atoms. The van der Waals surface area contributed by atoms with E-state index >= 15 is 0 Å². The quantitative estimate of drug-likeness (QED) is 0.801. The lowest BCUT2D eigenvalue weighted by Crippen LogP contribution is -2.39. The standard InChI is InChI=1S/C16H25BrN2O/c1-16(2)7-4-9-19(16)15-11-14(17)6-5-13(15)12-18-8-10-20-3/h5-6,11,18H,4,7-10,12H2,1-3H3. The van der Waals surface area contributed by atoms with Gasteiger partial charge in [-0.25, -0.2) is 0 Å². The number of nitrogens with one attached hydrogen (secondary N) is 1. The molecule has 1 N–H and O–H groups in total. The predicted octanol–water partition coefficient (Wildman–Crippen LogP) is 3.56. The lowest BCUT2D eigenvalue weighted by molar-refractivity contribution is 0.199. The van der Waals surface area contributed by atoms with Crippen LogP contribution in [0.15, 0.2) is 22.7 Å². The van der Waals surface area contributed by atoms with Crippen molar-refractivity contribution in [3.05, 3.63) is 28.2 Å². The van der Waals surface area contributed by atoms with Crippen LogP contribution in [0.25, 0.3) is 0 Å². The van der Waals surface area contributed by atoms with Gasteiger partial charge in [-0.15, -0.1) is 0 Å². The van der Waals surface area contributed by atoms with Gasteiger partial charge in [-0.3, -0.25) is 0 Å². The Morgan fingerprint density at radius 1 is 1.40 bits per heavy atom. The summed E-state index contributed by atoms with van der Waals surface area (Å²) in [4.78, 5) is 2.55. The molecule has 0 saturated carbocycles. The van der Waals surface area contributed by atoms with Gasteiger partial charge < -0.3 is 15.0 Å². The van der Waals surface area contributed by atoms with Gasteiger partial charge in [0.1, 0.15) is 0 Å². The number of ether oxygens (including phenoxy) is 1. The summed E-state index contributed by atoms with van der Waals surface area (Å²) in [7, 11) is 1.74. The van der Waals surface area contributed by atoms with E-state index in [2.05, 4.69) is 58.2 Å². The van der Waals surface area contributed by atoms with Gasteiger partial charge >= 0.3 is 0 Å². The molecule has 1 heterocycles. The largest absolute Gasteiger partial charge is 0.383 e. The van der Waals surface area contributed by atoms with Crippen molar-refractivity contribution in [1.29, 1.82) is 0 Å². The molecule has 0 spiro atoms. The number of benzene rings is 1. The van der Waals surface area contributed by atoms with Crippen LogP contribution in [0.1, 0.15) is 32.3 Å². The van der Waals surface area contributed by atoms with Crippen LogP contribution < -0.4 is 10.2 Å². The average Bonchev–Trinajstić information content (AvgIpc) is 2.75. The van der Waals surface area contributed by atoms with Gasteiger partial charge in [0, 0.05) is 42.4 Å². The number of hydrogen-bond acceptors (Lipinski definition) is 3. The summed E-state index contributed by atoms with van der Waals surface area (Å²) in [5.41, 5.74) is 2.97. The first-order valence-corrected chi connectivity index (χ1v) is 8.09. The summed E-state index contributed by atoms with van der Waals surface area (Å²) in [6, 6.07) is 6.59. The van der Waals surface area contributed by atoms with Gasteiger partial charge in [-0.2, -0.15) is 0 Å². The molecule has 0 aromatic heterocycles. The van der Waals surface area contributed by atoms with E-state index in [0.717, 1.165) is 30.7 Å². The molecule has 1 saturated heterocycles. The van der Waals surface area contributed by atoms with Crippen molar-refractivity contribution >= 4 is 21.6 Å². The van der Waals surface area contributed by atoms with Crippen molar-refractivity contribution in [1.82, 2.24) is 5.32 Å². The summed E-state index contributed by atoms with van der Waals surface area (Å²) in [5.74, 6) is 0. The third-order valence-corrected chi connectivity index (χ3v) is 4.53. The molecule has 3 nitrogen and oxygen atoms in total. The normalized spacial score (nSPS) is 17.7. The molecule has 112 valence electrons. The van der Waals surface area contributed by atoms with Crippen molar-refractivity contribution in [3.8, 4) is 0 Å². The van der Waals surface area contributed by atoms with Crippen LogP contribution in [0.4, 0.5) is 5.69 Å². The second-order valence-corrected chi connectivity index (χ2v) is 6.93. The van der Waals surface area contributed by atoms with E-state index in [4.69, 9.17) is 4.74 Å². The lowest BCUT2D eigenvalue weighted by Gasteiger charge is -2.35. The molecule has 2 rings (SSSR count). The Labute approximate surface area is 130 Å². The summed E-state index contributed by atoms with van der Waals surface area (Å²) in [6.45, 7) is 8.34. The lowest BCUT2D eigenvalue weighted by atomic mass is 10.0. The van der Waals surface area contributed by atoms with Gasteiger partial charge in [-0.05, 0) is 44.4 Å². The maximum atomic E-state index is 5.08. The molecule has 1 aliphatic heterocycles. The number of halogens is 1. The Morgan fingerprint density at radius 2 is 2.20 bits per heavy atom. The van der Waals surface area contributed by atoms with E-state index in [1.54, 1.807) is 7.11 Å². The van der Waals surface area contributed by atoms with E-state index < -0.39 is 0 Å². The second kappa shape index (κ2) is 6.92. The maximum Gasteiger partial charge on any atom is 0.0587 e. The second-order valence-electron chi connectivity index (χ2n) is 6.01. The fourth-order valence-corrected chi connectivity index (χ4v) is 3.24. The minimum Gasteiger partial charge on any atom is -0.383 e. The zero-order valence-corrected chi connectivity index (χ0v) is 14.3. The first kappa shape index (κ1) is 15.8. The highest BCUT2D eigenvalue weighted by molar-refractivity contribution is 9.10. The molecule has 1 aliphatic rings. The molecule has 1 aromatic rings. The minimum absolute atomic E-state index is 0.252. The number of hydrogen-bond donors (Lipinski definition) is 1. The predicted molar refractivity (Wildman–Crippen MR) is 88.4 cm³/mol. The summed E-state index contributed by atoms with van der Waals surface area (Å²) in [5, 5.41) is 3.45. The molecule has 0 atom stereocenters. The van der Waals surface area contributed by atoms with E-state index in [0.29, 0.717) is 0 Å². The topological polar surface area (TPSA) is 24.5 Å². The Bertz CT molecular complexity index is 448. The molecule has 0 bridgehead atoms. The number of rotatable bonds is 6. The molecule has 1 fully saturated rings. The average molecular weight is 341 g/mol. The first-order chi connectivity index (χ1) is 9.54. The zero-order valence-electron chi connectivity index (χ0n) is 12.7. The highest BCUT2D eigenvalue weighted by Crippen LogP contribution is 2.36. The fourth-order valence-electron chi connectivity index (χ4n) is 2.89. The third kappa shape index (κ3) is 3.74. The summed E-state index contributed by atoms with van der Waals surface area (Å²) in [6.07, 6.45) is 2.53. The van der Waals surface area contributed by atoms with E-state index in [-0.39, 0.29) is 5.54 Å². The molecule has 0 aliphatic carbocycles. The van der Waals surface area contributed by atoms with Crippen molar-refractivity contribution in [2.75, 3.05) is 31.7 Å². The number of anilines is 1. The number of nitrogens with zero attached hydrogens (tertiary/aromatic N) is 1. The summed E-state index contributed by atoms with van der Waals surface area (Å²) >= 11 is 3.61. The molecular formula is C16H25BrN2O. The van der Waals surface area contributed by atoms with Crippen molar-refractivity contribution in [2.24, 2.45) is 0 Å². The van der Waals surface area contributed by atoms with Crippen LogP contribution in [0.3, 0.4) is 0 Å². The monoisotopic (exact) mass is 340 g/mol. The molecule has 0 unspecified atom stereocenters. The zero-order chi connectivity index (χ0) is 14.6. The number of methoxy groups -OCH3 is 1. The Kier molecular flexibility index (Phi) is 5.47. The van der Waals surface area contributed by atoms with Crippen LogP contribution in [0.5, 0.6) is 0 Å². The Balaban J connectivity index is 2.15. The van der Waals surface area contributed by atoms with E-state index in [1.807, 2.05) is 0 Å². The van der Waals surface area contributed by atoms with Gasteiger partial charge in [0.15, 0.2) is 0 Å². The maximum absolute atomic E-state index is 5.08. The van der Waals surface area contributed by atoms with Crippen LogP contribution >= 0.6 is 15.9 Å². The van der Waals surface area contributed by atoms with Crippen LogP contribution in [0.2, 0.25) is 0 Å². The van der Waals surface area contributed by atoms with Crippen LogP contribution in [-0.4, -0.2) is 32.3 Å². The van der Waals surface area contributed by atoms with Gasteiger partial charge in [0.25, 0.3) is 0 Å². The molecule has 4 heteroatoms. The SMILES string of the molecule is COCCNCc1ccc(Br)cc1N1CCCC1(C)C. The van der Waals surface area contributed by atoms with E-state index in [1.165, 1.54) is 24.1 Å². The van der Waals surface area contributed by atoms with Gasteiger partial charge in [0.2, 0.25) is 0 Å². The fraction of sp³-hybridized carbons (Fsp3) is 0.625. The Hall–Kier alpha value is -0.580. The van der Waals surface area contributed by atoms with E-state index in [9.17, 15) is 0 Å². The van der Waals surface area contributed by atoms with Gasteiger partial charge in [-0.1, -0.05) is 22.0 Å². The third-order valence-electron chi connectivity index (χ3n) is 4.04. The summed E-state index contributed by atoms with van der Waals surface area (Å²) < 4.78 is 6.23. The van der Waals surface area contributed by atoms with Crippen LogP contribution in [0, 0.1) is 0 Å². The molecular weight excluding hydrogens is 316 g/mol. The van der Waals surface area contributed by atoms with Crippen LogP contribution in [-0.2, 0) is 11.3 Å². The smallest absolute Gasteiger partial charge is 0.0587 e.